The van der Waals surface area contributed by atoms with Gasteiger partial charge in [0.1, 0.15) is 0 Å². The minimum absolute atomic E-state index is 1.06. The van der Waals surface area contributed by atoms with E-state index in [0.717, 1.165) is 6.54 Å². The summed E-state index contributed by atoms with van der Waals surface area (Å²) in [6.07, 6.45) is 6.54. The summed E-state index contributed by atoms with van der Waals surface area (Å²) in [5.41, 5.74) is 3.97. The number of allylic oxidation sites excluding steroid dienone is 2. The average Bonchev–Trinajstić information content (AvgIpc) is 2.20. The van der Waals surface area contributed by atoms with Gasteiger partial charge in [0.05, 0.1) is 12.7 Å². The van der Waals surface area contributed by atoms with Gasteiger partial charge in [0.25, 0.3) is 0 Å². The number of aryl methyl sites for hydroxylation is 1. The third kappa shape index (κ3) is 1.87. The van der Waals surface area contributed by atoms with Crippen LogP contribution < -0.4 is 5.32 Å². The molecule has 1 aliphatic rings. The fourth-order valence-corrected chi connectivity index (χ4v) is 1.47. The molecule has 0 spiro atoms. The van der Waals surface area contributed by atoms with Crippen LogP contribution in [0.4, 0.5) is 0 Å². The lowest BCUT2D eigenvalue weighted by molar-refractivity contribution is -0.578. The zero-order chi connectivity index (χ0) is 9.10. The molecule has 2 rings (SSSR count). The quantitative estimate of drug-likeness (QED) is 0.660. The second kappa shape index (κ2) is 3.58. The van der Waals surface area contributed by atoms with Crippen molar-refractivity contribution in [3.05, 3.63) is 53.7 Å². The van der Waals surface area contributed by atoms with E-state index in [1.54, 1.807) is 0 Å². The molecule has 1 heteroatoms. The summed E-state index contributed by atoms with van der Waals surface area (Å²) in [5, 5.41) is 2.16. The standard InChI is InChI=1S/C12H13N/c1-10-2-4-11(5-3-10)12-6-8-13-9-7-12/h2-8,13H,9H2,1H3/p+1. The predicted molar refractivity (Wildman–Crippen MR) is 55.1 cm³/mol. The molecule has 2 N–H and O–H groups in total. The minimum Gasteiger partial charge on any atom is -0.317 e. The van der Waals surface area contributed by atoms with Gasteiger partial charge in [-0.15, -0.1) is 0 Å². The first-order valence-corrected chi connectivity index (χ1v) is 4.63. The highest BCUT2D eigenvalue weighted by atomic mass is 14.8. The van der Waals surface area contributed by atoms with E-state index in [-0.39, 0.29) is 0 Å². The second-order valence-electron chi connectivity index (χ2n) is 3.36. The molecule has 0 amide bonds. The van der Waals surface area contributed by atoms with Crippen molar-refractivity contribution in [3.63, 3.8) is 0 Å². The lowest BCUT2D eigenvalue weighted by Crippen LogP contribution is -2.78. The van der Waals surface area contributed by atoms with Gasteiger partial charge in [-0.3, -0.25) is 0 Å². The molecule has 13 heavy (non-hydrogen) atoms. The van der Waals surface area contributed by atoms with Gasteiger partial charge in [-0.1, -0.05) is 29.8 Å². The zero-order valence-electron chi connectivity index (χ0n) is 7.83. The molecule has 66 valence electrons. The number of quaternary nitrogens is 1. The van der Waals surface area contributed by atoms with Gasteiger partial charge in [-0.2, -0.15) is 0 Å². The van der Waals surface area contributed by atoms with Crippen LogP contribution in [0.2, 0.25) is 0 Å². The maximum Gasteiger partial charge on any atom is 0.0993 e. The maximum absolute atomic E-state index is 2.25. The number of nitrogens with two attached hydrogens (primary N) is 1. The van der Waals surface area contributed by atoms with Crippen LogP contribution in [-0.2, 0) is 0 Å². The number of benzene rings is 1. The molecule has 0 aromatic heterocycles. The Morgan fingerprint density at radius 2 is 1.92 bits per heavy atom. The Hall–Kier alpha value is -1.34. The van der Waals surface area contributed by atoms with Crippen LogP contribution in [0.25, 0.3) is 5.57 Å². The van der Waals surface area contributed by atoms with E-state index in [0.29, 0.717) is 0 Å². The van der Waals surface area contributed by atoms with Crippen LogP contribution >= 0.6 is 0 Å². The van der Waals surface area contributed by atoms with E-state index in [1.807, 2.05) is 0 Å². The summed E-state index contributed by atoms with van der Waals surface area (Å²) >= 11 is 0. The van der Waals surface area contributed by atoms with Crippen molar-refractivity contribution >= 4 is 5.57 Å². The lowest BCUT2D eigenvalue weighted by atomic mass is 10.0. The van der Waals surface area contributed by atoms with Crippen LogP contribution in [0.15, 0.2) is 42.6 Å². The fraction of sp³-hybridized carbons (Fsp3) is 0.167. The van der Waals surface area contributed by atoms with Gasteiger partial charge in [0.15, 0.2) is 0 Å². The van der Waals surface area contributed by atoms with Crippen LogP contribution in [0.3, 0.4) is 0 Å². The molecule has 1 heterocycles. The summed E-state index contributed by atoms with van der Waals surface area (Å²) in [6, 6.07) is 8.66. The van der Waals surface area contributed by atoms with Gasteiger partial charge < -0.3 is 5.32 Å². The number of rotatable bonds is 1. The van der Waals surface area contributed by atoms with Crippen LogP contribution in [0.5, 0.6) is 0 Å². The molecular weight excluding hydrogens is 158 g/mol. The highest BCUT2D eigenvalue weighted by Gasteiger charge is 2.01. The average molecular weight is 172 g/mol. The Kier molecular flexibility index (Phi) is 2.28. The molecule has 1 nitrogen and oxygen atoms in total. The first-order chi connectivity index (χ1) is 6.36. The Bertz CT molecular complexity index is 344. The first-order valence-electron chi connectivity index (χ1n) is 4.63. The van der Waals surface area contributed by atoms with Crippen molar-refractivity contribution in [2.45, 2.75) is 6.92 Å². The molecule has 1 aromatic carbocycles. The van der Waals surface area contributed by atoms with Gasteiger partial charge in [0, 0.05) is 0 Å². The third-order valence-corrected chi connectivity index (χ3v) is 2.27. The molecule has 0 radical (unpaired) electrons. The molecule has 1 aromatic rings. The number of hydrogen-bond donors (Lipinski definition) is 1. The molecule has 0 saturated heterocycles. The fourth-order valence-electron chi connectivity index (χ4n) is 1.47. The monoisotopic (exact) mass is 172 g/mol. The number of hydrogen-bond acceptors (Lipinski definition) is 0. The first kappa shape index (κ1) is 8.27. The van der Waals surface area contributed by atoms with Crippen LogP contribution in [0, 0.1) is 6.92 Å². The van der Waals surface area contributed by atoms with Crippen molar-refractivity contribution in [3.8, 4) is 0 Å². The Morgan fingerprint density at radius 3 is 2.54 bits per heavy atom. The molecule has 0 saturated carbocycles. The van der Waals surface area contributed by atoms with Gasteiger partial charge >= 0.3 is 0 Å². The maximum atomic E-state index is 2.25. The van der Waals surface area contributed by atoms with E-state index < -0.39 is 0 Å². The Labute approximate surface area is 78.8 Å². The normalized spacial score (nSPS) is 15.6. The molecule has 1 aliphatic heterocycles. The highest BCUT2D eigenvalue weighted by molar-refractivity contribution is 5.74. The SMILES string of the molecule is Cc1ccc(C2=CC[NH2+]C=C2)cc1. The summed E-state index contributed by atoms with van der Waals surface area (Å²) in [5.74, 6) is 0. The van der Waals surface area contributed by atoms with E-state index in [4.69, 9.17) is 0 Å². The van der Waals surface area contributed by atoms with E-state index in [2.05, 4.69) is 54.9 Å². The van der Waals surface area contributed by atoms with Crippen molar-refractivity contribution in [2.75, 3.05) is 6.54 Å². The third-order valence-electron chi connectivity index (χ3n) is 2.27. The Balaban J connectivity index is 2.30. The van der Waals surface area contributed by atoms with E-state index in [1.165, 1.54) is 16.7 Å². The van der Waals surface area contributed by atoms with Crippen molar-refractivity contribution in [2.24, 2.45) is 0 Å². The van der Waals surface area contributed by atoms with E-state index in [9.17, 15) is 0 Å². The lowest BCUT2D eigenvalue weighted by Gasteiger charge is -2.05. The van der Waals surface area contributed by atoms with Gasteiger partial charge in [-0.25, -0.2) is 0 Å². The highest BCUT2D eigenvalue weighted by Crippen LogP contribution is 2.16. The van der Waals surface area contributed by atoms with Crippen molar-refractivity contribution in [1.82, 2.24) is 0 Å². The van der Waals surface area contributed by atoms with Crippen LogP contribution in [-0.4, -0.2) is 6.54 Å². The van der Waals surface area contributed by atoms with Gasteiger partial charge in [0.2, 0.25) is 0 Å². The van der Waals surface area contributed by atoms with Crippen molar-refractivity contribution < 1.29 is 5.32 Å². The van der Waals surface area contributed by atoms with Crippen molar-refractivity contribution in [1.29, 1.82) is 0 Å². The zero-order valence-corrected chi connectivity index (χ0v) is 7.83. The summed E-state index contributed by atoms with van der Waals surface area (Å²) in [6.45, 7) is 3.17. The smallest absolute Gasteiger partial charge is 0.0993 e. The molecule has 0 aliphatic carbocycles. The minimum atomic E-state index is 1.06. The summed E-state index contributed by atoms with van der Waals surface area (Å²) in [7, 11) is 0. The molecular formula is C12H14N+. The Morgan fingerprint density at radius 1 is 1.15 bits per heavy atom. The van der Waals surface area contributed by atoms with Crippen LogP contribution in [0.1, 0.15) is 11.1 Å². The summed E-state index contributed by atoms with van der Waals surface area (Å²) < 4.78 is 0. The summed E-state index contributed by atoms with van der Waals surface area (Å²) in [4.78, 5) is 0. The molecule has 0 unspecified atom stereocenters. The predicted octanol–water partition coefficient (Wildman–Crippen LogP) is 1.47. The second-order valence-corrected chi connectivity index (χ2v) is 3.36. The largest absolute Gasteiger partial charge is 0.317 e. The van der Waals surface area contributed by atoms with Gasteiger partial charge in [-0.05, 0) is 30.2 Å². The van der Waals surface area contributed by atoms with E-state index >= 15 is 0 Å². The molecule has 0 fully saturated rings. The molecule has 0 atom stereocenters. The topological polar surface area (TPSA) is 16.6 Å². The molecule has 0 bridgehead atoms.